The van der Waals surface area contributed by atoms with E-state index >= 15 is 0 Å². The van der Waals surface area contributed by atoms with E-state index in [1.807, 2.05) is 25.1 Å². The summed E-state index contributed by atoms with van der Waals surface area (Å²) in [5, 5.41) is 9.03. The van der Waals surface area contributed by atoms with Gasteiger partial charge < -0.3 is 14.2 Å². The van der Waals surface area contributed by atoms with Crippen LogP contribution in [0.2, 0.25) is 0 Å². The number of carboxylic acid groups (broad SMARTS) is 1. The monoisotopic (exact) mass is 282 g/mol. The quantitative estimate of drug-likeness (QED) is 0.802. The Bertz CT molecular complexity index is 837. The third-order valence-electron chi connectivity index (χ3n) is 3.33. The Kier molecular flexibility index (Phi) is 3.10. The number of rotatable bonds is 3. The van der Waals surface area contributed by atoms with E-state index in [0.717, 1.165) is 22.6 Å². The van der Waals surface area contributed by atoms with Gasteiger partial charge in [0.25, 0.3) is 0 Å². The molecular weight excluding hydrogens is 268 g/mol. The summed E-state index contributed by atoms with van der Waals surface area (Å²) in [6.07, 6.45) is 3.36. The number of hydrogen-bond acceptors (Lipinski definition) is 3. The number of fused-ring (bicyclic) bond motifs is 1. The van der Waals surface area contributed by atoms with Crippen LogP contribution < -0.4 is 4.74 Å². The van der Waals surface area contributed by atoms with Crippen molar-refractivity contribution >= 4 is 11.6 Å². The maximum absolute atomic E-state index is 11.0. The van der Waals surface area contributed by atoms with Crippen LogP contribution in [-0.2, 0) is 0 Å². The van der Waals surface area contributed by atoms with Crippen molar-refractivity contribution in [2.75, 3.05) is 7.11 Å². The van der Waals surface area contributed by atoms with Gasteiger partial charge in [0.15, 0.2) is 0 Å². The highest BCUT2D eigenvalue weighted by Crippen LogP contribution is 2.30. The van der Waals surface area contributed by atoms with Crippen LogP contribution in [0.3, 0.4) is 0 Å². The van der Waals surface area contributed by atoms with E-state index < -0.39 is 5.97 Å². The molecule has 0 saturated carbocycles. The molecule has 2 heterocycles. The van der Waals surface area contributed by atoms with Gasteiger partial charge in [0.2, 0.25) is 0 Å². The van der Waals surface area contributed by atoms with Gasteiger partial charge in [-0.05, 0) is 31.2 Å². The van der Waals surface area contributed by atoms with E-state index in [1.54, 1.807) is 36.0 Å². The van der Waals surface area contributed by atoms with Gasteiger partial charge in [-0.1, -0.05) is 11.6 Å². The topological polar surface area (TPSA) is 63.8 Å². The average Bonchev–Trinajstić information content (AvgIpc) is 2.89. The smallest absolute Gasteiger partial charge is 0.337 e. The molecule has 0 spiro atoms. The number of hydrogen-bond donors (Lipinski definition) is 1. The highest BCUT2D eigenvalue weighted by molar-refractivity contribution is 5.87. The molecule has 0 radical (unpaired) electrons. The number of aryl methyl sites for hydroxylation is 1. The van der Waals surface area contributed by atoms with E-state index in [4.69, 9.17) is 9.84 Å². The maximum Gasteiger partial charge on any atom is 0.337 e. The van der Waals surface area contributed by atoms with Crippen molar-refractivity contribution in [2.45, 2.75) is 6.92 Å². The number of pyridine rings is 1. The normalized spacial score (nSPS) is 10.8. The maximum atomic E-state index is 11.0. The molecule has 0 aliphatic heterocycles. The van der Waals surface area contributed by atoms with Crippen molar-refractivity contribution in [3.63, 3.8) is 0 Å². The third-order valence-corrected chi connectivity index (χ3v) is 3.33. The van der Waals surface area contributed by atoms with E-state index in [0.29, 0.717) is 5.65 Å². The fourth-order valence-electron chi connectivity index (χ4n) is 2.27. The molecule has 5 heteroatoms. The SMILES string of the molecule is COc1ccc(C)cc1-c1cn2cc(C(=O)O)ccc2n1. The lowest BCUT2D eigenvalue weighted by Gasteiger charge is -2.06. The highest BCUT2D eigenvalue weighted by Gasteiger charge is 2.11. The first-order valence-corrected chi connectivity index (χ1v) is 6.45. The summed E-state index contributed by atoms with van der Waals surface area (Å²) in [7, 11) is 1.62. The predicted octanol–water partition coefficient (Wildman–Crippen LogP) is 3.02. The van der Waals surface area contributed by atoms with Crippen molar-refractivity contribution in [1.82, 2.24) is 9.38 Å². The Morgan fingerprint density at radius 3 is 2.76 bits per heavy atom. The molecule has 0 bridgehead atoms. The molecule has 3 rings (SSSR count). The standard InChI is InChI=1S/C16H14N2O3/c1-10-3-5-14(21-2)12(7-10)13-9-18-8-11(16(19)20)4-6-15(18)17-13/h3-9H,1-2H3,(H,19,20). The molecule has 21 heavy (non-hydrogen) atoms. The Balaban J connectivity index is 2.17. The van der Waals surface area contributed by atoms with Crippen LogP contribution in [0.15, 0.2) is 42.7 Å². The minimum atomic E-state index is -0.958. The van der Waals surface area contributed by atoms with Gasteiger partial charge in [-0.3, -0.25) is 0 Å². The van der Waals surface area contributed by atoms with E-state index in [9.17, 15) is 4.79 Å². The van der Waals surface area contributed by atoms with Crippen LogP contribution in [0, 0.1) is 6.92 Å². The predicted molar refractivity (Wildman–Crippen MR) is 78.9 cm³/mol. The Morgan fingerprint density at radius 2 is 2.05 bits per heavy atom. The van der Waals surface area contributed by atoms with Gasteiger partial charge >= 0.3 is 5.97 Å². The van der Waals surface area contributed by atoms with Crippen molar-refractivity contribution in [3.05, 3.63) is 53.9 Å². The second kappa shape index (κ2) is 4.94. The summed E-state index contributed by atoms with van der Waals surface area (Å²) in [5.41, 5.74) is 3.66. The lowest BCUT2D eigenvalue weighted by molar-refractivity contribution is 0.0696. The van der Waals surface area contributed by atoms with E-state index in [1.165, 1.54) is 0 Å². The van der Waals surface area contributed by atoms with Gasteiger partial charge in [0.1, 0.15) is 11.4 Å². The average molecular weight is 282 g/mol. The molecule has 0 saturated heterocycles. The Labute approximate surface area is 121 Å². The van der Waals surface area contributed by atoms with Gasteiger partial charge in [-0.15, -0.1) is 0 Å². The second-order valence-corrected chi connectivity index (χ2v) is 4.82. The van der Waals surface area contributed by atoms with Gasteiger partial charge in [-0.25, -0.2) is 9.78 Å². The van der Waals surface area contributed by atoms with Crippen LogP contribution in [0.5, 0.6) is 5.75 Å². The molecule has 0 unspecified atom stereocenters. The molecule has 2 aromatic heterocycles. The Morgan fingerprint density at radius 1 is 1.24 bits per heavy atom. The molecule has 3 aromatic rings. The zero-order chi connectivity index (χ0) is 15.0. The summed E-state index contributed by atoms with van der Waals surface area (Å²) < 4.78 is 7.08. The first-order chi connectivity index (χ1) is 10.1. The largest absolute Gasteiger partial charge is 0.496 e. The van der Waals surface area contributed by atoms with E-state index in [2.05, 4.69) is 4.98 Å². The molecule has 106 valence electrons. The molecule has 0 amide bonds. The number of nitrogens with zero attached hydrogens (tertiary/aromatic N) is 2. The summed E-state index contributed by atoms with van der Waals surface area (Å²) >= 11 is 0. The lowest BCUT2D eigenvalue weighted by Crippen LogP contribution is -1.97. The summed E-state index contributed by atoms with van der Waals surface area (Å²) in [6.45, 7) is 2.00. The molecular formula is C16H14N2O3. The number of aromatic nitrogens is 2. The molecule has 5 nitrogen and oxygen atoms in total. The third kappa shape index (κ3) is 2.33. The zero-order valence-electron chi connectivity index (χ0n) is 11.7. The summed E-state index contributed by atoms with van der Waals surface area (Å²) in [5.74, 6) is -0.220. The number of methoxy groups -OCH3 is 1. The molecule has 0 aliphatic rings. The number of carbonyl (C=O) groups is 1. The van der Waals surface area contributed by atoms with Crippen LogP contribution in [0.1, 0.15) is 15.9 Å². The number of ether oxygens (including phenoxy) is 1. The van der Waals surface area contributed by atoms with Crippen molar-refractivity contribution in [1.29, 1.82) is 0 Å². The lowest BCUT2D eigenvalue weighted by atomic mass is 10.1. The summed E-state index contributed by atoms with van der Waals surface area (Å²) in [4.78, 5) is 15.5. The molecule has 1 aromatic carbocycles. The van der Waals surface area contributed by atoms with Crippen molar-refractivity contribution in [3.8, 4) is 17.0 Å². The van der Waals surface area contributed by atoms with Crippen LogP contribution in [-0.4, -0.2) is 27.6 Å². The number of carboxylic acids is 1. The van der Waals surface area contributed by atoms with E-state index in [-0.39, 0.29) is 5.56 Å². The number of aromatic carboxylic acids is 1. The first-order valence-electron chi connectivity index (χ1n) is 6.45. The van der Waals surface area contributed by atoms with Crippen molar-refractivity contribution in [2.24, 2.45) is 0 Å². The Hall–Kier alpha value is -2.82. The van der Waals surface area contributed by atoms with Gasteiger partial charge in [-0.2, -0.15) is 0 Å². The van der Waals surface area contributed by atoms with Crippen LogP contribution in [0.25, 0.3) is 16.9 Å². The van der Waals surface area contributed by atoms with Gasteiger partial charge in [0, 0.05) is 18.0 Å². The minimum Gasteiger partial charge on any atom is -0.496 e. The second-order valence-electron chi connectivity index (χ2n) is 4.82. The molecule has 0 atom stereocenters. The van der Waals surface area contributed by atoms with Crippen LogP contribution in [0.4, 0.5) is 0 Å². The molecule has 0 aliphatic carbocycles. The van der Waals surface area contributed by atoms with Crippen LogP contribution >= 0.6 is 0 Å². The zero-order valence-corrected chi connectivity index (χ0v) is 11.7. The fourth-order valence-corrected chi connectivity index (χ4v) is 2.27. The van der Waals surface area contributed by atoms with Crippen molar-refractivity contribution < 1.29 is 14.6 Å². The van der Waals surface area contributed by atoms with Gasteiger partial charge in [0.05, 0.1) is 18.4 Å². The minimum absolute atomic E-state index is 0.225. The number of benzene rings is 1. The highest BCUT2D eigenvalue weighted by atomic mass is 16.5. The fraction of sp³-hybridized carbons (Fsp3) is 0.125. The first kappa shape index (κ1) is 13.2. The molecule has 0 fully saturated rings. The summed E-state index contributed by atoms with van der Waals surface area (Å²) in [6, 6.07) is 9.11. The molecule has 1 N–H and O–H groups in total. The number of imidazole rings is 1.